The van der Waals surface area contributed by atoms with E-state index in [1.54, 1.807) is 38.4 Å². The lowest BCUT2D eigenvalue weighted by atomic mass is 10.1. The Bertz CT molecular complexity index is 915. The summed E-state index contributed by atoms with van der Waals surface area (Å²) < 4.78 is 0. The highest BCUT2D eigenvalue weighted by molar-refractivity contribution is 6.42. The van der Waals surface area contributed by atoms with Crippen molar-refractivity contribution in [3.63, 3.8) is 0 Å². The molecule has 186 valence electrons. The number of halogens is 2. The monoisotopic (exact) mass is 508 g/mol. The number of rotatable bonds is 8. The maximum Gasteiger partial charge on any atom is 0.247 e. The lowest BCUT2D eigenvalue weighted by Gasteiger charge is -2.40. The summed E-state index contributed by atoms with van der Waals surface area (Å²) >= 11 is 12.0. The van der Waals surface area contributed by atoms with Crippen molar-refractivity contribution in [3.8, 4) is 0 Å². The number of hydrogen-bond acceptors (Lipinski definition) is 4. The SMILES string of the molecule is CN(C)C(=O)CC1C(=O)N(CCCN2CCCCC2)CCN1C(=O)/C=C/c1ccc(Cl)c(Cl)c1. The Morgan fingerprint density at radius 1 is 1.03 bits per heavy atom. The van der Waals surface area contributed by atoms with Crippen molar-refractivity contribution >= 4 is 47.0 Å². The van der Waals surface area contributed by atoms with Crippen LogP contribution in [0.25, 0.3) is 6.08 Å². The van der Waals surface area contributed by atoms with E-state index in [0.29, 0.717) is 29.7 Å². The maximum absolute atomic E-state index is 13.3. The molecule has 3 rings (SSSR count). The van der Waals surface area contributed by atoms with Gasteiger partial charge in [-0.1, -0.05) is 35.7 Å². The van der Waals surface area contributed by atoms with Gasteiger partial charge >= 0.3 is 0 Å². The van der Waals surface area contributed by atoms with Crippen LogP contribution >= 0.6 is 23.2 Å². The van der Waals surface area contributed by atoms with Crippen LogP contribution in [0.2, 0.25) is 10.0 Å². The molecule has 0 spiro atoms. The van der Waals surface area contributed by atoms with Gasteiger partial charge < -0.3 is 19.6 Å². The van der Waals surface area contributed by atoms with Crippen molar-refractivity contribution in [2.75, 3.05) is 53.4 Å². The number of piperidine rings is 1. The highest BCUT2D eigenvalue weighted by atomic mass is 35.5. The molecule has 1 aromatic carbocycles. The summed E-state index contributed by atoms with van der Waals surface area (Å²) in [5.74, 6) is -0.639. The maximum atomic E-state index is 13.3. The Labute approximate surface area is 212 Å². The average Bonchev–Trinajstić information content (AvgIpc) is 2.82. The second-order valence-corrected chi connectivity index (χ2v) is 9.94. The van der Waals surface area contributed by atoms with Gasteiger partial charge in [0.25, 0.3) is 0 Å². The van der Waals surface area contributed by atoms with Gasteiger partial charge in [-0.15, -0.1) is 0 Å². The first-order valence-corrected chi connectivity index (χ1v) is 12.7. The molecule has 2 heterocycles. The Morgan fingerprint density at radius 2 is 1.76 bits per heavy atom. The number of nitrogens with zero attached hydrogens (tertiary/aromatic N) is 4. The van der Waals surface area contributed by atoms with Gasteiger partial charge in [0, 0.05) is 39.8 Å². The van der Waals surface area contributed by atoms with Gasteiger partial charge in [-0.2, -0.15) is 0 Å². The molecule has 2 aliphatic rings. The lowest BCUT2D eigenvalue weighted by Crippen LogP contribution is -2.59. The quantitative estimate of drug-likeness (QED) is 0.504. The molecule has 0 radical (unpaired) electrons. The highest BCUT2D eigenvalue weighted by Gasteiger charge is 2.38. The standard InChI is InChI=1S/C25H34Cl2N4O3/c1-28(2)24(33)18-22-25(34)30(14-6-13-29-11-4-3-5-12-29)15-16-31(22)23(32)10-8-19-7-9-20(26)21(27)17-19/h7-10,17,22H,3-6,11-16,18H2,1-2H3/b10-8+. The van der Waals surface area contributed by atoms with Gasteiger partial charge in [-0.05, 0) is 62.7 Å². The molecule has 0 N–H and O–H groups in total. The third kappa shape index (κ3) is 7.20. The zero-order valence-corrected chi connectivity index (χ0v) is 21.5. The fourth-order valence-corrected chi connectivity index (χ4v) is 4.72. The molecule has 9 heteroatoms. The summed E-state index contributed by atoms with van der Waals surface area (Å²) in [5.41, 5.74) is 0.728. The average molecular weight is 509 g/mol. The summed E-state index contributed by atoms with van der Waals surface area (Å²) in [6.07, 6.45) is 7.71. The Hall–Kier alpha value is -2.09. The molecule has 0 aromatic heterocycles. The molecular formula is C25H34Cl2N4O3. The van der Waals surface area contributed by atoms with Crippen molar-refractivity contribution in [2.45, 2.75) is 38.1 Å². The van der Waals surface area contributed by atoms with Crippen LogP contribution in [-0.2, 0) is 14.4 Å². The van der Waals surface area contributed by atoms with Crippen LogP contribution < -0.4 is 0 Å². The summed E-state index contributed by atoms with van der Waals surface area (Å²) in [4.78, 5) is 46.1. The number of amides is 3. The molecular weight excluding hydrogens is 475 g/mol. The van der Waals surface area contributed by atoms with Crippen LogP contribution in [0.3, 0.4) is 0 Å². The van der Waals surface area contributed by atoms with Gasteiger partial charge in [0.1, 0.15) is 6.04 Å². The molecule has 0 aliphatic carbocycles. The third-order valence-electron chi connectivity index (χ3n) is 6.45. The predicted molar refractivity (Wildman–Crippen MR) is 136 cm³/mol. The first-order valence-electron chi connectivity index (χ1n) is 11.9. The van der Waals surface area contributed by atoms with E-state index in [0.717, 1.165) is 31.6 Å². The minimum Gasteiger partial charge on any atom is -0.349 e. The van der Waals surface area contributed by atoms with Crippen molar-refractivity contribution < 1.29 is 14.4 Å². The number of carbonyl (C=O) groups excluding carboxylic acids is 3. The molecule has 0 saturated carbocycles. The Morgan fingerprint density at radius 3 is 2.44 bits per heavy atom. The van der Waals surface area contributed by atoms with Crippen LogP contribution in [0.5, 0.6) is 0 Å². The molecule has 2 fully saturated rings. The normalized spacial score (nSPS) is 19.6. The van der Waals surface area contributed by atoms with Crippen molar-refractivity contribution in [2.24, 2.45) is 0 Å². The van der Waals surface area contributed by atoms with Crippen LogP contribution in [0.4, 0.5) is 0 Å². The smallest absolute Gasteiger partial charge is 0.247 e. The van der Waals surface area contributed by atoms with Gasteiger partial charge in [0.15, 0.2) is 0 Å². The van der Waals surface area contributed by atoms with Crippen LogP contribution in [0, 0.1) is 0 Å². The largest absolute Gasteiger partial charge is 0.349 e. The van der Waals surface area contributed by atoms with Crippen molar-refractivity contribution in [1.82, 2.24) is 19.6 Å². The van der Waals surface area contributed by atoms with Gasteiger partial charge in [-0.25, -0.2) is 0 Å². The molecule has 1 unspecified atom stereocenters. The van der Waals surface area contributed by atoms with Gasteiger partial charge in [0.05, 0.1) is 16.5 Å². The number of piperazine rings is 1. The Balaban J connectivity index is 1.66. The molecule has 2 aliphatic heterocycles. The fraction of sp³-hybridized carbons (Fsp3) is 0.560. The zero-order valence-electron chi connectivity index (χ0n) is 20.0. The van der Waals surface area contributed by atoms with E-state index in [2.05, 4.69) is 4.90 Å². The van der Waals surface area contributed by atoms with Gasteiger partial charge in [0.2, 0.25) is 17.7 Å². The van der Waals surface area contributed by atoms with E-state index in [1.807, 2.05) is 4.90 Å². The highest BCUT2D eigenvalue weighted by Crippen LogP contribution is 2.23. The van der Waals surface area contributed by atoms with Crippen LogP contribution in [0.1, 0.15) is 37.7 Å². The Kier molecular flexibility index (Phi) is 9.80. The number of likely N-dealkylation sites (tertiary alicyclic amines) is 1. The second kappa shape index (κ2) is 12.6. The molecule has 0 bridgehead atoms. The van der Waals surface area contributed by atoms with Crippen LogP contribution in [0.15, 0.2) is 24.3 Å². The van der Waals surface area contributed by atoms with Gasteiger partial charge in [-0.3, -0.25) is 14.4 Å². The van der Waals surface area contributed by atoms with Crippen molar-refractivity contribution in [3.05, 3.63) is 39.9 Å². The third-order valence-corrected chi connectivity index (χ3v) is 7.19. The second-order valence-electron chi connectivity index (χ2n) is 9.13. The number of hydrogen-bond donors (Lipinski definition) is 0. The zero-order chi connectivity index (χ0) is 24.7. The fourth-order valence-electron chi connectivity index (χ4n) is 4.42. The molecule has 7 nitrogen and oxygen atoms in total. The molecule has 34 heavy (non-hydrogen) atoms. The molecule has 3 amide bonds. The van der Waals surface area contributed by atoms with Crippen LogP contribution in [-0.4, -0.2) is 96.7 Å². The van der Waals surface area contributed by atoms with Crippen molar-refractivity contribution in [1.29, 1.82) is 0 Å². The summed E-state index contributed by atoms with van der Waals surface area (Å²) in [7, 11) is 3.31. The minimum atomic E-state index is -0.801. The summed E-state index contributed by atoms with van der Waals surface area (Å²) in [6.45, 7) is 4.73. The minimum absolute atomic E-state index is 0.0270. The van der Waals surface area contributed by atoms with E-state index >= 15 is 0 Å². The first-order chi connectivity index (χ1) is 16.3. The van der Waals surface area contributed by atoms with E-state index in [1.165, 1.54) is 35.1 Å². The molecule has 1 aromatic rings. The van der Waals surface area contributed by atoms with E-state index in [4.69, 9.17) is 23.2 Å². The first kappa shape index (κ1) is 26.5. The topological polar surface area (TPSA) is 64.2 Å². The number of benzene rings is 1. The molecule has 2 saturated heterocycles. The summed E-state index contributed by atoms with van der Waals surface area (Å²) in [5, 5.41) is 0.841. The van der Waals surface area contributed by atoms with E-state index < -0.39 is 6.04 Å². The predicted octanol–water partition coefficient (Wildman–Crippen LogP) is 3.40. The van der Waals surface area contributed by atoms with E-state index in [-0.39, 0.29) is 24.1 Å². The summed E-state index contributed by atoms with van der Waals surface area (Å²) in [6, 6.07) is 4.30. The molecule has 1 atom stereocenters. The number of carbonyl (C=O) groups is 3. The lowest BCUT2D eigenvalue weighted by molar-refractivity contribution is -0.152. The van der Waals surface area contributed by atoms with E-state index in [9.17, 15) is 14.4 Å².